The molecule has 0 fully saturated rings. The summed E-state index contributed by atoms with van der Waals surface area (Å²) in [5.74, 6) is -1.02. The molecule has 0 unspecified atom stereocenters. The van der Waals surface area contributed by atoms with Crippen LogP contribution in [0.3, 0.4) is 0 Å². The highest BCUT2D eigenvalue weighted by Gasteiger charge is 2.34. The van der Waals surface area contributed by atoms with Gasteiger partial charge in [0.05, 0.1) is 18.7 Å². The topological polar surface area (TPSA) is 58.4 Å². The molecule has 0 saturated carbocycles. The fraction of sp³-hybridized carbons (Fsp3) is 0.226. The van der Waals surface area contributed by atoms with Crippen molar-refractivity contribution in [3.63, 3.8) is 0 Å². The van der Waals surface area contributed by atoms with Crippen LogP contribution in [0, 0.1) is 0 Å². The summed E-state index contributed by atoms with van der Waals surface area (Å²) in [5, 5.41) is 13.3. The second-order valence-corrected chi connectivity index (χ2v) is 9.98. The zero-order valence-electron chi connectivity index (χ0n) is 21.6. The molecular weight excluding hydrogens is 503 g/mol. The molecule has 0 saturated heterocycles. The van der Waals surface area contributed by atoms with E-state index in [1.807, 2.05) is 43.7 Å². The van der Waals surface area contributed by atoms with E-state index in [2.05, 4.69) is 35.1 Å². The zero-order chi connectivity index (χ0) is 27.7. The second kappa shape index (κ2) is 10.4. The van der Waals surface area contributed by atoms with Gasteiger partial charge in [-0.2, -0.15) is 18.3 Å². The summed E-state index contributed by atoms with van der Waals surface area (Å²) in [6.45, 7) is 2.13. The maximum atomic E-state index is 12.9. The molecule has 39 heavy (non-hydrogen) atoms. The van der Waals surface area contributed by atoms with Crippen LogP contribution in [0.1, 0.15) is 40.8 Å². The third-order valence-electron chi connectivity index (χ3n) is 7.05. The molecule has 0 aliphatic carbocycles. The summed E-state index contributed by atoms with van der Waals surface area (Å²) in [7, 11) is 1.88. The Bertz CT molecular complexity index is 1510. The van der Waals surface area contributed by atoms with E-state index in [9.17, 15) is 18.0 Å². The first-order chi connectivity index (χ1) is 18.6. The summed E-state index contributed by atoms with van der Waals surface area (Å²) in [4.78, 5) is 13.2. The fourth-order valence-electron chi connectivity index (χ4n) is 5.34. The van der Waals surface area contributed by atoms with Gasteiger partial charge in [0.15, 0.2) is 0 Å². The lowest BCUT2D eigenvalue weighted by molar-refractivity contribution is -0.131. The van der Waals surface area contributed by atoms with Crippen molar-refractivity contribution in [2.24, 2.45) is 7.05 Å². The summed E-state index contributed by atoms with van der Waals surface area (Å²) in [5.41, 5.74) is 7.26. The van der Waals surface area contributed by atoms with E-state index in [-0.39, 0.29) is 17.6 Å². The highest BCUT2D eigenvalue weighted by molar-refractivity contribution is 5.85. The molecule has 0 radical (unpaired) electrons. The van der Waals surface area contributed by atoms with Crippen LogP contribution < -0.4 is 4.90 Å². The van der Waals surface area contributed by atoms with Crippen LogP contribution >= 0.6 is 0 Å². The quantitative estimate of drug-likeness (QED) is 0.277. The molecule has 8 heteroatoms. The third kappa shape index (κ3) is 5.90. The van der Waals surface area contributed by atoms with Crippen molar-refractivity contribution in [3.8, 4) is 11.1 Å². The van der Waals surface area contributed by atoms with Gasteiger partial charge in [-0.1, -0.05) is 54.6 Å². The average Bonchev–Trinajstić information content (AvgIpc) is 3.32. The van der Waals surface area contributed by atoms with Crippen LogP contribution in [0.4, 0.5) is 18.9 Å². The Morgan fingerprint density at radius 2 is 1.77 bits per heavy atom. The Morgan fingerprint density at radius 1 is 1.05 bits per heavy atom. The van der Waals surface area contributed by atoms with Crippen molar-refractivity contribution < 1.29 is 23.1 Å². The Hall–Kier alpha value is -4.33. The third-order valence-corrected chi connectivity index (χ3v) is 7.05. The highest BCUT2D eigenvalue weighted by atomic mass is 19.4. The summed E-state index contributed by atoms with van der Waals surface area (Å²) in [6.07, 6.45) is 2.00. The molecule has 1 aliphatic rings. The van der Waals surface area contributed by atoms with Crippen LogP contribution in [0.5, 0.6) is 0 Å². The molecule has 4 aromatic rings. The number of nitrogens with zero attached hydrogens (tertiary/aromatic N) is 3. The standard InChI is InChI=1S/C31H28F3N3O2/c1-20-15-25-16-24(26-18-35-36(2)19-26)10-13-28(25)30(23-8-3-21(4-9-23)7-14-29(38)39)37(20)27-11-5-22(6-12-27)17-31(32,33)34/h3-14,16,18-20,30H,15,17H2,1-2H3,(H,38,39)/b14-7+/t20-,30-/m0/s1. The van der Waals surface area contributed by atoms with Crippen molar-refractivity contribution in [1.82, 2.24) is 9.78 Å². The van der Waals surface area contributed by atoms with Crippen molar-refractivity contribution >= 4 is 17.7 Å². The van der Waals surface area contributed by atoms with Crippen LogP contribution in [0.2, 0.25) is 0 Å². The van der Waals surface area contributed by atoms with Gasteiger partial charge in [-0.25, -0.2) is 4.79 Å². The SMILES string of the molecule is C[C@H]1Cc2cc(-c3cnn(C)c3)ccc2[C@H](c2ccc(/C=C/C(=O)O)cc2)N1c1ccc(CC(F)(F)F)cc1. The molecule has 1 aromatic heterocycles. The molecule has 1 aliphatic heterocycles. The first kappa shape index (κ1) is 26.3. The Labute approximate surface area is 224 Å². The van der Waals surface area contributed by atoms with Gasteiger partial charge in [0, 0.05) is 36.6 Å². The van der Waals surface area contributed by atoms with E-state index in [1.54, 1.807) is 35.0 Å². The molecule has 5 nitrogen and oxygen atoms in total. The molecule has 2 heterocycles. The zero-order valence-corrected chi connectivity index (χ0v) is 21.6. The minimum Gasteiger partial charge on any atom is -0.478 e. The molecule has 0 bridgehead atoms. The molecule has 5 rings (SSSR count). The van der Waals surface area contributed by atoms with E-state index in [0.717, 1.165) is 46.0 Å². The van der Waals surface area contributed by atoms with E-state index < -0.39 is 18.6 Å². The number of fused-ring (bicyclic) bond motifs is 1. The Kier molecular flexibility index (Phi) is 7.04. The van der Waals surface area contributed by atoms with E-state index in [4.69, 9.17) is 5.11 Å². The molecule has 0 amide bonds. The Morgan fingerprint density at radius 3 is 2.38 bits per heavy atom. The number of aryl methyl sites for hydroxylation is 1. The van der Waals surface area contributed by atoms with Crippen LogP contribution in [0.25, 0.3) is 17.2 Å². The number of hydrogen-bond donors (Lipinski definition) is 1. The molecular formula is C31H28F3N3O2. The number of carboxylic acid groups (broad SMARTS) is 1. The number of anilines is 1. The minimum absolute atomic E-state index is 0.0618. The lowest BCUT2D eigenvalue weighted by Gasteiger charge is -2.44. The summed E-state index contributed by atoms with van der Waals surface area (Å²) < 4.78 is 40.6. The van der Waals surface area contributed by atoms with Crippen LogP contribution in [-0.4, -0.2) is 33.1 Å². The van der Waals surface area contributed by atoms with Gasteiger partial charge in [-0.3, -0.25) is 4.68 Å². The smallest absolute Gasteiger partial charge is 0.393 e. The second-order valence-electron chi connectivity index (χ2n) is 9.98. The number of halogens is 3. The average molecular weight is 532 g/mol. The molecule has 200 valence electrons. The van der Waals surface area contributed by atoms with Crippen molar-refractivity contribution in [3.05, 3.63) is 113 Å². The largest absolute Gasteiger partial charge is 0.478 e. The lowest BCUT2D eigenvalue weighted by Crippen LogP contribution is -2.42. The maximum Gasteiger partial charge on any atom is 0.393 e. The molecule has 0 spiro atoms. The molecule has 1 N–H and O–H groups in total. The first-order valence-corrected chi connectivity index (χ1v) is 12.6. The van der Waals surface area contributed by atoms with Gasteiger partial charge in [0.2, 0.25) is 0 Å². The monoisotopic (exact) mass is 531 g/mol. The Balaban J connectivity index is 1.57. The number of hydrogen-bond acceptors (Lipinski definition) is 3. The summed E-state index contributed by atoms with van der Waals surface area (Å²) >= 11 is 0. The van der Waals surface area contributed by atoms with Gasteiger partial charge in [0.1, 0.15) is 0 Å². The van der Waals surface area contributed by atoms with Crippen molar-refractivity contribution in [2.75, 3.05) is 4.90 Å². The van der Waals surface area contributed by atoms with E-state index in [0.29, 0.717) is 0 Å². The minimum atomic E-state index is -4.26. The van der Waals surface area contributed by atoms with Gasteiger partial charge >= 0.3 is 12.1 Å². The number of rotatable bonds is 6. The molecule has 2 atom stereocenters. The van der Waals surface area contributed by atoms with Gasteiger partial charge in [0.25, 0.3) is 0 Å². The van der Waals surface area contributed by atoms with Crippen LogP contribution in [0.15, 0.2) is 85.2 Å². The number of aliphatic carboxylic acids is 1. The number of benzene rings is 3. The summed E-state index contributed by atoms with van der Waals surface area (Å²) in [6, 6.07) is 20.6. The fourth-order valence-corrected chi connectivity index (χ4v) is 5.34. The predicted octanol–water partition coefficient (Wildman–Crippen LogP) is 6.83. The van der Waals surface area contributed by atoms with Crippen LogP contribution in [-0.2, 0) is 24.7 Å². The van der Waals surface area contributed by atoms with Crippen molar-refractivity contribution in [2.45, 2.75) is 38.0 Å². The van der Waals surface area contributed by atoms with E-state index >= 15 is 0 Å². The maximum absolute atomic E-state index is 12.9. The normalized spacial score (nSPS) is 17.4. The lowest BCUT2D eigenvalue weighted by atomic mass is 9.83. The number of carboxylic acids is 1. The van der Waals surface area contributed by atoms with Gasteiger partial charge < -0.3 is 10.0 Å². The number of aromatic nitrogens is 2. The molecule has 3 aromatic carbocycles. The highest BCUT2D eigenvalue weighted by Crippen LogP contribution is 2.42. The van der Waals surface area contributed by atoms with Gasteiger partial charge in [-0.15, -0.1) is 0 Å². The predicted molar refractivity (Wildman–Crippen MR) is 145 cm³/mol. The number of alkyl halides is 3. The van der Waals surface area contributed by atoms with Crippen molar-refractivity contribution in [1.29, 1.82) is 0 Å². The van der Waals surface area contributed by atoms with E-state index in [1.165, 1.54) is 5.56 Å². The number of carbonyl (C=O) groups is 1. The van der Waals surface area contributed by atoms with Gasteiger partial charge in [-0.05, 0) is 64.9 Å². The first-order valence-electron chi connectivity index (χ1n) is 12.6.